The minimum Gasteiger partial charge on any atom is -0.383 e. The highest BCUT2D eigenvalue weighted by atomic mass is 79.9. The van der Waals surface area contributed by atoms with Crippen molar-refractivity contribution < 1.29 is 4.39 Å². The van der Waals surface area contributed by atoms with Crippen molar-refractivity contribution in [3.63, 3.8) is 0 Å². The number of rotatable bonds is 1. The van der Waals surface area contributed by atoms with E-state index in [1.807, 2.05) is 18.2 Å². The number of fused-ring (bicyclic) bond motifs is 1. The molecule has 2 aromatic heterocycles. The molecule has 3 nitrogen and oxygen atoms in total. The molecule has 0 aliphatic carbocycles. The first-order valence-electron chi connectivity index (χ1n) is 5.35. The van der Waals surface area contributed by atoms with Crippen LogP contribution in [0.1, 0.15) is 0 Å². The van der Waals surface area contributed by atoms with Crippen LogP contribution in [0.5, 0.6) is 0 Å². The van der Waals surface area contributed by atoms with Crippen molar-refractivity contribution in [3.8, 4) is 11.3 Å². The van der Waals surface area contributed by atoms with E-state index in [9.17, 15) is 4.39 Å². The van der Waals surface area contributed by atoms with Crippen molar-refractivity contribution in [3.05, 3.63) is 52.9 Å². The van der Waals surface area contributed by atoms with Crippen molar-refractivity contribution >= 4 is 27.4 Å². The standard InChI is InChI=1S/C13H9BrFN3/c14-8-4-5-10(15)9(7-8)12-13(16)18-6-2-1-3-11(18)17-12/h1-7H,16H2. The number of halogens is 2. The third-order valence-electron chi connectivity index (χ3n) is 2.75. The maximum absolute atomic E-state index is 13.8. The maximum Gasteiger partial charge on any atom is 0.139 e. The summed E-state index contributed by atoms with van der Waals surface area (Å²) in [6.45, 7) is 0. The number of nitrogens with two attached hydrogens (primary N) is 1. The summed E-state index contributed by atoms with van der Waals surface area (Å²) in [4.78, 5) is 4.36. The van der Waals surface area contributed by atoms with Gasteiger partial charge in [0.1, 0.15) is 23.0 Å². The predicted octanol–water partition coefficient (Wildman–Crippen LogP) is 3.49. The highest BCUT2D eigenvalue weighted by Crippen LogP contribution is 2.30. The lowest BCUT2D eigenvalue weighted by atomic mass is 10.1. The number of nitrogens with zero attached hydrogens (tertiary/aromatic N) is 2. The van der Waals surface area contributed by atoms with E-state index in [1.54, 1.807) is 22.7 Å². The van der Waals surface area contributed by atoms with Crippen LogP contribution in [0.15, 0.2) is 47.1 Å². The van der Waals surface area contributed by atoms with Gasteiger partial charge in [0.15, 0.2) is 0 Å². The Morgan fingerprint density at radius 1 is 1.22 bits per heavy atom. The lowest BCUT2D eigenvalue weighted by molar-refractivity contribution is 0.630. The molecule has 0 radical (unpaired) electrons. The van der Waals surface area contributed by atoms with Gasteiger partial charge in [-0.2, -0.15) is 0 Å². The Balaban J connectivity index is 2.31. The number of benzene rings is 1. The van der Waals surface area contributed by atoms with Gasteiger partial charge < -0.3 is 5.73 Å². The van der Waals surface area contributed by atoms with Crippen LogP contribution < -0.4 is 5.73 Å². The normalized spacial score (nSPS) is 11.0. The van der Waals surface area contributed by atoms with E-state index in [-0.39, 0.29) is 5.82 Å². The molecule has 0 saturated heterocycles. The summed E-state index contributed by atoms with van der Waals surface area (Å²) in [5.74, 6) is 0.0934. The first-order chi connectivity index (χ1) is 8.66. The summed E-state index contributed by atoms with van der Waals surface area (Å²) in [5.41, 5.74) is 7.56. The fourth-order valence-corrected chi connectivity index (χ4v) is 2.25. The van der Waals surface area contributed by atoms with Gasteiger partial charge in [-0.3, -0.25) is 4.40 Å². The molecule has 0 spiro atoms. The molecule has 2 heterocycles. The fourth-order valence-electron chi connectivity index (χ4n) is 1.89. The van der Waals surface area contributed by atoms with Gasteiger partial charge in [-0.15, -0.1) is 0 Å². The largest absolute Gasteiger partial charge is 0.383 e. The molecule has 0 aliphatic heterocycles. The summed E-state index contributed by atoms with van der Waals surface area (Å²) in [5, 5.41) is 0. The van der Waals surface area contributed by atoms with Crippen LogP contribution in [0.4, 0.5) is 10.2 Å². The average molecular weight is 306 g/mol. The molecule has 0 amide bonds. The van der Waals surface area contributed by atoms with Crippen LogP contribution in [0.3, 0.4) is 0 Å². The zero-order chi connectivity index (χ0) is 12.7. The number of anilines is 1. The van der Waals surface area contributed by atoms with Gasteiger partial charge in [0.25, 0.3) is 0 Å². The van der Waals surface area contributed by atoms with Gasteiger partial charge in [-0.05, 0) is 30.3 Å². The Labute approximate surface area is 111 Å². The molecule has 0 aliphatic rings. The van der Waals surface area contributed by atoms with Crippen molar-refractivity contribution in [2.24, 2.45) is 0 Å². The van der Waals surface area contributed by atoms with E-state index in [2.05, 4.69) is 20.9 Å². The summed E-state index contributed by atoms with van der Waals surface area (Å²) in [6, 6.07) is 10.3. The third kappa shape index (κ3) is 1.67. The van der Waals surface area contributed by atoms with Gasteiger partial charge in [0, 0.05) is 16.2 Å². The zero-order valence-corrected chi connectivity index (χ0v) is 10.9. The monoisotopic (exact) mass is 305 g/mol. The Hall–Kier alpha value is -1.88. The van der Waals surface area contributed by atoms with Gasteiger partial charge >= 0.3 is 0 Å². The Morgan fingerprint density at radius 2 is 2.06 bits per heavy atom. The molecule has 0 bridgehead atoms. The fraction of sp³-hybridized carbons (Fsp3) is 0. The lowest BCUT2D eigenvalue weighted by Crippen LogP contribution is -1.94. The summed E-state index contributed by atoms with van der Waals surface area (Å²) in [7, 11) is 0. The number of hydrogen-bond donors (Lipinski definition) is 1. The molecular weight excluding hydrogens is 297 g/mol. The van der Waals surface area contributed by atoms with Crippen LogP contribution in [0, 0.1) is 5.82 Å². The molecule has 5 heteroatoms. The quantitative estimate of drug-likeness (QED) is 0.748. The first kappa shape index (κ1) is 11.2. The number of hydrogen-bond acceptors (Lipinski definition) is 2. The molecule has 90 valence electrons. The minimum atomic E-state index is -0.340. The number of pyridine rings is 1. The highest BCUT2D eigenvalue weighted by molar-refractivity contribution is 9.10. The zero-order valence-electron chi connectivity index (χ0n) is 9.27. The van der Waals surface area contributed by atoms with Gasteiger partial charge in [0.05, 0.1) is 0 Å². The smallest absolute Gasteiger partial charge is 0.139 e. The predicted molar refractivity (Wildman–Crippen MR) is 72.7 cm³/mol. The van der Waals surface area contributed by atoms with Crippen molar-refractivity contribution in [1.82, 2.24) is 9.38 Å². The summed E-state index contributed by atoms with van der Waals surface area (Å²) >= 11 is 3.32. The molecule has 0 unspecified atom stereocenters. The van der Waals surface area contributed by atoms with Crippen molar-refractivity contribution in [1.29, 1.82) is 0 Å². The number of aromatic nitrogens is 2. The molecule has 18 heavy (non-hydrogen) atoms. The van der Waals surface area contributed by atoms with E-state index >= 15 is 0 Å². The number of nitrogen functional groups attached to an aromatic ring is 1. The average Bonchev–Trinajstić information content (AvgIpc) is 2.71. The first-order valence-corrected chi connectivity index (χ1v) is 6.14. The molecule has 0 fully saturated rings. The second-order valence-electron chi connectivity index (χ2n) is 3.90. The second-order valence-corrected chi connectivity index (χ2v) is 4.81. The van der Waals surface area contributed by atoms with E-state index in [4.69, 9.17) is 5.73 Å². The van der Waals surface area contributed by atoms with Crippen molar-refractivity contribution in [2.75, 3.05) is 5.73 Å². The van der Waals surface area contributed by atoms with E-state index in [1.165, 1.54) is 6.07 Å². The van der Waals surface area contributed by atoms with Crippen LogP contribution in [-0.4, -0.2) is 9.38 Å². The lowest BCUT2D eigenvalue weighted by Gasteiger charge is -2.02. The Kier molecular flexibility index (Phi) is 2.56. The molecule has 3 aromatic rings. The molecular formula is C13H9BrFN3. The van der Waals surface area contributed by atoms with Crippen molar-refractivity contribution in [2.45, 2.75) is 0 Å². The minimum absolute atomic E-state index is 0.340. The van der Waals surface area contributed by atoms with Gasteiger partial charge in [0.2, 0.25) is 0 Å². The second kappa shape index (κ2) is 4.10. The Bertz CT molecular complexity index is 736. The van der Waals surface area contributed by atoms with E-state index < -0.39 is 0 Å². The molecule has 3 rings (SSSR count). The van der Waals surface area contributed by atoms with Crippen LogP contribution >= 0.6 is 15.9 Å². The Morgan fingerprint density at radius 3 is 2.83 bits per heavy atom. The molecule has 2 N–H and O–H groups in total. The maximum atomic E-state index is 13.8. The van der Waals surface area contributed by atoms with Crippen LogP contribution in [-0.2, 0) is 0 Å². The third-order valence-corrected chi connectivity index (χ3v) is 3.24. The SMILES string of the molecule is Nc1c(-c2cc(Br)ccc2F)nc2ccccn12. The van der Waals surface area contributed by atoms with E-state index in [0.29, 0.717) is 22.7 Å². The molecule has 0 atom stereocenters. The molecule has 1 aromatic carbocycles. The highest BCUT2D eigenvalue weighted by Gasteiger charge is 2.14. The van der Waals surface area contributed by atoms with Gasteiger partial charge in [-0.25, -0.2) is 9.37 Å². The van der Waals surface area contributed by atoms with Gasteiger partial charge in [-0.1, -0.05) is 22.0 Å². The molecule has 0 saturated carbocycles. The van der Waals surface area contributed by atoms with Crippen LogP contribution in [0.25, 0.3) is 16.9 Å². The topological polar surface area (TPSA) is 43.3 Å². The summed E-state index contributed by atoms with van der Waals surface area (Å²) in [6.07, 6.45) is 1.80. The van der Waals surface area contributed by atoms with E-state index in [0.717, 1.165) is 4.47 Å². The summed E-state index contributed by atoms with van der Waals surface area (Å²) < 4.78 is 16.4. The number of imidazole rings is 1. The van der Waals surface area contributed by atoms with Crippen LogP contribution in [0.2, 0.25) is 0 Å².